The van der Waals surface area contributed by atoms with E-state index in [1.807, 2.05) is 61.5 Å². The molecule has 0 amide bonds. The van der Waals surface area contributed by atoms with Crippen LogP contribution in [0.5, 0.6) is 11.5 Å². The zero-order valence-corrected chi connectivity index (χ0v) is 18.0. The average molecular weight is 460 g/mol. The van der Waals surface area contributed by atoms with Crippen molar-refractivity contribution in [2.45, 2.75) is 26.1 Å². The molecule has 0 bridgehead atoms. The largest absolute Gasteiger partial charge is 0.494 e. The molecule has 0 saturated carbocycles. The van der Waals surface area contributed by atoms with Gasteiger partial charge >= 0.3 is 0 Å². The van der Waals surface area contributed by atoms with E-state index in [2.05, 4.69) is 26.9 Å². The second-order valence-corrected chi connectivity index (χ2v) is 7.58. The molecule has 1 unspecified atom stereocenters. The summed E-state index contributed by atoms with van der Waals surface area (Å²) in [5, 5.41) is 10.6. The highest BCUT2D eigenvalue weighted by atomic mass is 79.9. The monoisotopic (exact) mass is 459 g/mol. The Labute approximate surface area is 180 Å². The van der Waals surface area contributed by atoms with E-state index in [1.54, 1.807) is 6.26 Å². The first kappa shape index (κ1) is 21.4. The summed E-state index contributed by atoms with van der Waals surface area (Å²) in [5.41, 5.74) is 1.11. The molecule has 0 aliphatic carbocycles. The van der Waals surface area contributed by atoms with Crippen molar-refractivity contribution in [3.05, 3.63) is 82.7 Å². The van der Waals surface area contributed by atoms with Crippen LogP contribution in [0.15, 0.2) is 75.8 Å². The van der Waals surface area contributed by atoms with Gasteiger partial charge in [-0.3, -0.25) is 4.90 Å². The van der Waals surface area contributed by atoms with Crippen LogP contribution in [-0.4, -0.2) is 35.9 Å². The van der Waals surface area contributed by atoms with E-state index in [0.717, 1.165) is 21.5 Å². The van der Waals surface area contributed by atoms with Gasteiger partial charge in [-0.05, 0) is 64.8 Å². The molecular weight excluding hydrogens is 434 g/mol. The molecule has 1 heterocycles. The summed E-state index contributed by atoms with van der Waals surface area (Å²) >= 11 is 3.46. The molecule has 1 N–H and O–H groups in total. The molecule has 0 aliphatic heterocycles. The second kappa shape index (κ2) is 11.0. The summed E-state index contributed by atoms with van der Waals surface area (Å²) in [5.74, 6) is 2.42. The lowest BCUT2D eigenvalue weighted by Crippen LogP contribution is -2.35. The molecule has 154 valence electrons. The van der Waals surface area contributed by atoms with E-state index < -0.39 is 6.10 Å². The van der Waals surface area contributed by atoms with Crippen LogP contribution in [0.3, 0.4) is 0 Å². The van der Waals surface area contributed by atoms with Crippen LogP contribution in [-0.2, 0) is 13.1 Å². The lowest BCUT2D eigenvalue weighted by atomic mass is 10.2. The van der Waals surface area contributed by atoms with Gasteiger partial charge in [-0.1, -0.05) is 24.3 Å². The molecule has 0 spiro atoms. The number of ether oxygens (including phenoxy) is 2. The van der Waals surface area contributed by atoms with Crippen LogP contribution in [0.4, 0.5) is 0 Å². The SMILES string of the molecule is CCOc1cccc(CN(Cc2ccco2)CC(O)COc2ccccc2Br)c1. The fourth-order valence-corrected chi connectivity index (χ4v) is 3.46. The van der Waals surface area contributed by atoms with Crippen molar-refractivity contribution < 1.29 is 19.0 Å². The maximum Gasteiger partial charge on any atom is 0.133 e. The van der Waals surface area contributed by atoms with Gasteiger partial charge in [-0.25, -0.2) is 0 Å². The number of aliphatic hydroxyl groups is 1. The van der Waals surface area contributed by atoms with E-state index >= 15 is 0 Å². The number of furan rings is 1. The highest BCUT2D eigenvalue weighted by Gasteiger charge is 2.16. The maximum atomic E-state index is 10.6. The van der Waals surface area contributed by atoms with Crippen molar-refractivity contribution >= 4 is 15.9 Å². The predicted octanol–water partition coefficient (Wildman–Crippen LogP) is 4.88. The van der Waals surface area contributed by atoms with E-state index in [9.17, 15) is 5.11 Å². The summed E-state index contributed by atoms with van der Waals surface area (Å²) < 4.78 is 17.7. The smallest absolute Gasteiger partial charge is 0.133 e. The molecule has 0 aliphatic rings. The Morgan fingerprint density at radius 2 is 1.90 bits per heavy atom. The fraction of sp³-hybridized carbons (Fsp3) is 0.304. The maximum absolute atomic E-state index is 10.6. The molecule has 0 fully saturated rings. The van der Waals surface area contributed by atoms with Crippen molar-refractivity contribution in [2.75, 3.05) is 19.8 Å². The van der Waals surface area contributed by atoms with E-state index in [0.29, 0.717) is 32.0 Å². The number of nitrogens with zero attached hydrogens (tertiary/aromatic N) is 1. The van der Waals surface area contributed by atoms with E-state index in [1.165, 1.54) is 0 Å². The molecule has 0 radical (unpaired) electrons. The Balaban J connectivity index is 1.63. The van der Waals surface area contributed by atoms with Crippen LogP contribution in [0, 0.1) is 0 Å². The Morgan fingerprint density at radius 1 is 1.03 bits per heavy atom. The summed E-state index contributed by atoms with van der Waals surface area (Å²) in [6.07, 6.45) is 1.02. The summed E-state index contributed by atoms with van der Waals surface area (Å²) in [4.78, 5) is 2.14. The minimum Gasteiger partial charge on any atom is -0.494 e. The average Bonchev–Trinajstić information content (AvgIpc) is 3.21. The highest BCUT2D eigenvalue weighted by molar-refractivity contribution is 9.10. The van der Waals surface area contributed by atoms with Crippen molar-refractivity contribution in [1.82, 2.24) is 4.90 Å². The van der Waals surface area contributed by atoms with Gasteiger partial charge in [-0.15, -0.1) is 0 Å². The number of hydrogen-bond acceptors (Lipinski definition) is 5. The molecular formula is C23H26BrNO4. The van der Waals surface area contributed by atoms with Crippen LogP contribution in [0.25, 0.3) is 0 Å². The first-order valence-electron chi connectivity index (χ1n) is 9.66. The standard InChI is InChI=1S/C23H26BrNO4/c1-2-27-20-8-5-7-18(13-20)14-25(16-21-9-6-12-28-21)15-19(26)17-29-23-11-4-3-10-22(23)24/h3-13,19,26H,2,14-17H2,1H3. The second-order valence-electron chi connectivity index (χ2n) is 6.72. The van der Waals surface area contributed by atoms with Crippen LogP contribution >= 0.6 is 15.9 Å². The van der Waals surface area contributed by atoms with E-state index in [-0.39, 0.29) is 6.61 Å². The Hall–Kier alpha value is -2.28. The number of rotatable bonds is 11. The lowest BCUT2D eigenvalue weighted by molar-refractivity contribution is 0.0602. The topological polar surface area (TPSA) is 55.1 Å². The normalized spacial score (nSPS) is 12.1. The van der Waals surface area contributed by atoms with Gasteiger partial charge in [0, 0.05) is 13.1 Å². The van der Waals surface area contributed by atoms with Crippen molar-refractivity contribution in [2.24, 2.45) is 0 Å². The summed E-state index contributed by atoms with van der Waals surface area (Å²) in [6, 6.07) is 19.4. The predicted molar refractivity (Wildman–Crippen MR) is 116 cm³/mol. The molecule has 2 aromatic carbocycles. The third-order valence-corrected chi connectivity index (χ3v) is 4.97. The molecule has 1 atom stereocenters. The fourth-order valence-electron chi connectivity index (χ4n) is 3.06. The summed E-state index contributed by atoms with van der Waals surface area (Å²) in [7, 11) is 0. The number of halogens is 1. The highest BCUT2D eigenvalue weighted by Crippen LogP contribution is 2.24. The van der Waals surface area contributed by atoms with Crippen molar-refractivity contribution in [1.29, 1.82) is 0 Å². The first-order chi connectivity index (χ1) is 14.1. The Kier molecular flexibility index (Phi) is 8.16. The van der Waals surface area contributed by atoms with Gasteiger partial charge in [0.1, 0.15) is 30.0 Å². The molecule has 0 saturated heterocycles. The number of benzene rings is 2. The molecule has 3 aromatic rings. The van der Waals surface area contributed by atoms with Crippen LogP contribution in [0.1, 0.15) is 18.2 Å². The number of hydrogen-bond donors (Lipinski definition) is 1. The van der Waals surface area contributed by atoms with Crippen LogP contribution in [0.2, 0.25) is 0 Å². The Bertz CT molecular complexity index is 869. The van der Waals surface area contributed by atoms with Gasteiger partial charge < -0.3 is 19.0 Å². The zero-order valence-electron chi connectivity index (χ0n) is 16.5. The third kappa shape index (κ3) is 6.92. The minimum atomic E-state index is -0.646. The number of para-hydroxylation sites is 1. The zero-order chi connectivity index (χ0) is 20.5. The van der Waals surface area contributed by atoms with Gasteiger partial charge in [0.05, 0.1) is 23.9 Å². The van der Waals surface area contributed by atoms with Gasteiger partial charge in [-0.2, -0.15) is 0 Å². The summed E-state index contributed by atoms with van der Waals surface area (Å²) in [6.45, 7) is 4.51. The molecule has 29 heavy (non-hydrogen) atoms. The molecule has 6 heteroatoms. The lowest BCUT2D eigenvalue weighted by Gasteiger charge is -2.24. The third-order valence-electron chi connectivity index (χ3n) is 4.31. The van der Waals surface area contributed by atoms with E-state index in [4.69, 9.17) is 13.9 Å². The Morgan fingerprint density at radius 3 is 2.66 bits per heavy atom. The van der Waals surface area contributed by atoms with Gasteiger partial charge in [0.15, 0.2) is 0 Å². The first-order valence-corrected chi connectivity index (χ1v) is 10.4. The molecule has 3 rings (SSSR count). The van der Waals surface area contributed by atoms with Gasteiger partial charge in [0.2, 0.25) is 0 Å². The molecule has 5 nitrogen and oxygen atoms in total. The quantitative estimate of drug-likeness (QED) is 0.442. The van der Waals surface area contributed by atoms with Gasteiger partial charge in [0.25, 0.3) is 0 Å². The van der Waals surface area contributed by atoms with Crippen molar-refractivity contribution in [3.8, 4) is 11.5 Å². The molecule has 1 aromatic heterocycles. The van der Waals surface area contributed by atoms with Crippen LogP contribution < -0.4 is 9.47 Å². The van der Waals surface area contributed by atoms with Crippen molar-refractivity contribution in [3.63, 3.8) is 0 Å². The number of aliphatic hydroxyl groups excluding tert-OH is 1. The minimum absolute atomic E-state index is 0.205.